The first kappa shape index (κ1) is 21.1. The van der Waals surface area contributed by atoms with Gasteiger partial charge in [-0.15, -0.1) is 11.8 Å². The first-order valence-corrected chi connectivity index (χ1v) is 9.34. The SMILES string of the molecule is CON=C(C(=O)NC1C(=O)N2C(C(=O)O)=C(COC(C)=O)CS[C@@H]12)c1noc(N)n1. The van der Waals surface area contributed by atoms with Crippen LogP contribution in [0.2, 0.25) is 0 Å². The number of nitrogens with two attached hydrogens (primary N) is 1. The zero-order valence-electron chi connectivity index (χ0n) is 15.6. The molecule has 1 saturated heterocycles. The molecule has 14 nitrogen and oxygen atoms in total. The largest absolute Gasteiger partial charge is 0.477 e. The van der Waals surface area contributed by atoms with E-state index in [1.165, 1.54) is 25.8 Å². The second-order valence-corrected chi connectivity index (χ2v) is 7.08. The number of nitrogen functional groups attached to an aromatic ring is 1. The smallest absolute Gasteiger partial charge is 0.352 e. The predicted octanol–water partition coefficient (Wildman–Crippen LogP) is -1.70. The number of fused-ring (bicyclic) bond motifs is 1. The molecular weight excluding hydrogens is 424 g/mol. The van der Waals surface area contributed by atoms with Crippen LogP contribution in [0.4, 0.5) is 6.01 Å². The minimum atomic E-state index is -1.34. The summed E-state index contributed by atoms with van der Waals surface area (Å²) in [6.45, 7) is 0.942. The van der Waals surface area contributed by atoms with Gasteiger partial charge in [0, 0.05) is 18.2 Å². The van der Waals surface area contributed by atoms with Gasteiger partial charge in [-0.05, 0) is 0 Å². The van der Waals surface area contributed by atoms with Gasteiger partial charge in [-0.3, -0.25) is 19.3 Å². The van der Waals surface area contributed by atoms with Gasteiger partial charge < -0.3 is 30.3 Å². The lowest BCUT2D eigenvalue weighted by atomic mass is 10.0. The quantitative estimate of drug-likeness (QED) is 0.188. The fraction of sp³-hybridized carbons (Fsp3) is 0.400. The molecule has 0 radical (unpaired) electrons. The molecule has 2 aliphatic rings. The summed E-state index contributed by atoms with van der Waals surface area (Å²) in [6, 6.07) is -1.33. The summed E-state index contributed by atoms with van der Waals surface area (Å²) in [5.41, 5.74) is 4.96. The van der Waals surface area contributed by atoms with Crippen LogP contribution in [-0.4, -0.2) is 80.5 Å². The Balaban J connectivity index is 1.77. The molecule has 15 heteroatoms. The Morgan fingerprint density at radius 3 is 2.77 bits per heavy atom. The third kappa shape index (κ3) is 3.91. The normalized spacial score (nSPS) is 20.9. The van der Waals surface area contributed by atoms with Gasteiger partial charge in [-0.25, -0.2) is 4.79 Å². The number of carbonyl (C=O) groups is 4. The van der Waals surface area contributed by atoms with Gasteiger partial charge in [-0.1, -0.05) is 10.3 Å². The molecule has 0 aliphatic carbocycles. The number of oxime groups is 1. The number of nitrogens with zero attached hydrogens (tertiary/aromatic N) is 4. The average molecular weight is 440 g/mol. The molecule has 30 heavy (non-hydrogen) atoms. The fourth-order valence-corrected chi connectivity index (χ4v) is 4.13. The topological polar surface area (TPSA) is 200 Å². The molecule has 3 heterocycles. The Bertz CT molecular complexity index is 972. The average Bonchev–Trinajstić information content (AvgIpc) is 3.13. The van der Waals surface area contributed by atoms with Gasteiger partial charge in [0.1, 0.15) is 30.8 Å². The number of amides is 2. The van der Waals surface area contributed by atoms with Crippen molar-refractivity contribution in [2.75, 3.05) is 25.2 Å². The lowest BCUT2D eigenvalue weighted by Gasteiger charge is -2.49. The molecule has 2 amide bonds. The third-order valence-electron chi connectivity index (χ3n) is 4.04. The maximum atomic E-state index is 12.6. The van der Waals surface area contributed by atoms with Crippen LogP contribution in [0.3, 0.4) is 0 Å². The lowest BCUT2D eigenvalue weighted by molar-refractivity contribution is -0.150. The highest BCUT2D eigenvalue weighted by Crippen LogP contribution is 2.40. The Morgan fingerprint density at radius 1 is 1.47 bits per heavy atom. The number of carboxylic acid groups (broad SMARTS) is 1. The van der Waals surface area contributed by atoms with Crippen molar-refractivity contribution in [3.63, 3.8) is 0 Å². The van der Waals surface area contributed by atoms with Crippen molar-refractivity contribution >= 4 is 47.2 Å². The van der Waals surface area contributed by atoms with Crippen LogP contribution < -0.4 is 11.1 Å². The monoisotopic (exact) mass is 440 g/mol. The highest BCUT2D eigenvalue weighted by atomic mass is 32.2. The van der Waals surface area contributed by atoms with Crippen LogP contribution in [0.15, 0.2) is 20.9 Å². The second-order valence-electron chi connectivity index (χ2n) is 5.98. The van der Waals surface area contributed by atoms with Crippen LogP contribution in [0, 0.1) is 0 Å². The number of esters is 1. The highest BCUT2D eigenvalue weighted by molar-refractivity contribution is 8.00. The van der Waals surface area contributed by atoms with Crippen molar-refractivity contribution in [1.29, 1.82) is 0 Å². The van der Waals surface area contributed by atoms with E-state index < -0.39 is 35.2 Å². The van der Waals surface area contributed by atoms with Gasteiger partial charge in [0.15, 0.2) is 0 Å². The van der Waals surface area contributed by atoms with Gasteiger partial charge >= 0.3 is 18.0 Å². The molecule has 0 aromatic carbocycles. The van der Waals surface area contributed by atoms with Crippen molar-refractivity contribution in [2.24, 2.45) is 5.16 Å². The third-order valence-corrected chi connectivity index (χ3v) is 5.38. The summed E-state index contributed by atoms with van der Waals surface area (Å²) < 4.78 is 9.46. The molecule has 1 aromatic heterocycles. The van der Waals surface area contributed by atoms with E-state index in [1.54, 1.807) is 0 Å². The van der Waals surface area contributed by atoms with Crippen LogP contribution in [0.25, 0.3) is 0 Å². The number of ether oxygens (including phenoxy) is 1. The number of carbonyl (C=O) groups excluding carboxylic acids is 3. The van der Waals surface area contributed by atoms with Crippen LogP contribution in [0.5, 0.6) is 0 Å². The Hall–Kier alpha value is -3.62. The number of β-lactam (4-membered cyclic amide) rings is 1. The van der Waals surface area contributed by atoms with Crippen LogP contribution >= 0.6 is 11.8 Å². The van der Waals surface area contributed by atoms with E-state index >= 15 is 0 Å². The standard InChI is InChI=1S/C15H16N6O8S/c1-5(22)28-3-6-4-30-13-8(12(24)21(13)9(6)14(25)26)17-11(23)7(19-27-2)10-18-15(16)29-20-10/h8,13H,3-4H2,1-2H3,(H,17,23)(H,25,26)(H2,16,18,20)/t8?,13-/m0/s1. The van der Waals surface area contributed by atoms with Gasteiger partial charge in [0.05, 0.1) is 0 Å². The first-order chi connectivity index (χ1) is 14.2. The van der Waals surface area contributed by atoms with Crippen molar-refractivity contribution in [3.05, 3.63) is 17.1 Å². The van der Waals surface area contributed by atoms with E-state index in [9.17, 15) is 24.3 Å². The zero-order valence-corrected chi connectivity index (χ0v) is 16.5. The van der Waals surface area contributed by atoms with Gasteiger partial charge in [0.2, 0.25) is 11.5 Å². The number of rotatable bonds is 7. The van der Waals surface area contributed by atoms with E-state index in [2.05, 4.69) is 30.0 Å². The Labute approximate surface area is 172 Å². The molecule has 2 atom stereocenters. The number of thioether (sulfide) groups is 1. The Kier molecular flexibility index (Phi) is 5.91. The van der Waals surface area contributed by atoms with E-state index in [1.807, 2.05) is 0 Å². The molecule has 1 fully saturated rings. The number of hydrogen-bond acceptors (Lipinski definition) is 12. The minimum Gasteiger partial charge on any atom is -0.477 e. The fourth-order valence-electron chi connectivity index (χ4n) is 2.80. The van der Waals surface area contributed by atoms with E-state index in [-0.39, 0.29) is 41.2 Å². The number of carboxylic acids is 1. The molecule has 2 aliphatic heterocycles. The minimum absolute atomic E-state index is 0.191. The lowest BCUT2D eigenvalue weighted by Crippen LogP contribution is -2.71. The summed E-state index contributed by atoms with van der Waals surface area (Å²) in [5.74, 6) is -3.47. The predicted molar refractivity (Wildman–Crippen MR) is 98.6 cm³/mol. The maximum Gasteiger partial charge on any atom is 0.352 e. The summed E-state index contributed by atoms with van der Waals surface area (Å²) in [7, 11) is 1.19. The summed E-state index contributed by atoms with van der Waals surface area (Å²) >= 11 is 1.21. The molecule has 3 rings (SSSR count). The van der Waals surface area contributed by atoms with Crippen molar-refractivity contribution < 1.29 is 38.4 Å². The number of aliphatic carboxylic acids is 1. The van der Waals surface area contributed by atoms with E-state index in [0.717, 1.165) is 4.90 Å². The molecule has 1 unspecified atom stereocenters. The van der Waals surface area contributed by atoms with Gasteiger partial charge in [-0.2, -0.15) is 4.98 Å². The number of hydrogen-bond donors (Lipinski definition) is 3. The van der Waals surface area contributed by atoms with Crippen molar-refractivity contribution in [2.45, 2.75) is 18.3 Å². The van der Waals surface area contributed by atoms with Crippen molar-refractivity contribution in [1.82, 2.24) is 20.4 Å². The molecular formula is C15H16N6O8S. The van der Waals surface area contributed by atoms with Crippen LogP contribution in [0.1, 0.15) is 12.7 Å². The summed E-state index contributed by atoms with van der Waals surface area (Å²) in [4.78, 5) is 57.2. The van der Waals surface area contributed by atoms with E-state index in [0.29, 0.717) is 0 Å². The van der Waals surface area contributed by atoms with E-state index in [4.69, 9.17) is 10.5 Å². The molecule has 4 N–H and O–H groups in total. The Morgan fingerprint density at radius 2 is 2.20 bits per heavy atom. The maximum absolute atomic E-state index is 12.6. The molecule has 160 valence electrons. The summed E-state index contributed by atoms with van der Waals surface area (Å²) in [6.07, 6.45) is 0. The number of nitrogens with one attached hydrogen (secondary N) is 1. The highest BCUT2D eigenvalue weighted by Gasteiger charge is 2.54. The first-order valence-electron chi connectivity index (χ1n) is 8.29. The molecule has 0 saturated carbocycles. The van der Waals surface area contributed by atoms with Gasteiger partial charge in [0.25, 0.3) is 11.8 Å². The van der Waals surface area contributed by atoms with Crippen LogP contribution in [-0.2, 0) is 28.8 Å². The summed E-state index contributed by atoms with van der Waals surface area (Å²) in [5, 5.41) is 18.3. The number of anilines is 1. The molecule has 0 spiro atoms. The second kappa shape index (κ2) is 8.40. The van der Waals surface area contributed by atoms with Crippen molar-refractivity contribution in [3.8, 4) is 0 Å². The molecule has 0 bridgehead atoms. The number of aromatic nitrogens is 2. The zero-order chi connectivity index (χ0) is 22.0. The molecule has 1 aromatic rings.